The van der Waals surface area contributed by atoms with Crippen molar-refractivity contribution in [2.45, 2.75) is 30.4 Å². The highest BCUT2D eigenvalue weighted by Crippen LogP contribution is 2.41. The first kappa shape index (κ1) is 29.5. The number of aromatic nitrogens is 2. The summed E-state index contributed by atoms with van der Waals surface area (Å²) in [4.78, 5) is 32.7. The number of rotatable bonds is 10. The molecule has 0 unspecified atom stereocenters. The Bertz CT molecular complexity index is 1750. The standard InChI is InChI=1S/C35H30N6O4/c36-40-39-29-23-32(41-22-21-31(38-34(41)43)37-33(42)25-13-5-1-6-14-25)45-30(29)24-44-35(26-15-7-2-8-16-26,27-17-9-3-10-18-27)28-19-11-4-12-20-28/h1-22,29-30,32H,23-24H2,(H,37,38,42,43)/t29-,30+,32+/m0/s1. The lowest BCUT2D eigenvalue weighted by molar-refractivity contribution is -0.0795. The average Bonchev–Trinajstić information content (AvgIpc) is 3.49. The Balaban J connectivity index is 1.27. The predicted molar refractivity (Wildman–Crippen MR) is 170 cm³/mol. The van der Waals surface area contributed by atoms with Crippen molar-refractivity contribution in [3.05, 3.63) is 177 Å². The number of nitrogens with one attached hydrogen (secondary N) is 1. The second kappa shape index (κ2) is 13.4. The first-order chi connectivity index (χ1) is 22.1. The van der Waals surface area contributed by atoms with Crippen LogP contribution in [-0.4, -0.2) is 34.2 Å². The fraction of sp³-hybridized carbons (Fsp3) is 0.171. The number of anilines is 1. The Morgan fingerprint density at radius 1 is 0.889 bits per heavy atom. The van der Waals surface area contributed by atoms with Crippen LogP contribution in [0.15, 0.2) is 143 Å². The van der Waals surface area contributed by atoms with Crippen molar-refractivity contribution in [2.24, 2.45) is 5.11 Å². The van der Waals surface area contributed by atoms with Gasteiger partial charge in [-0.05, 0) is 40.4 Å². The lowest BCUT2D eigenvalue weighted by Crippen LogP contribution is -2.37. The second-order valence-electron chi connectivity index (χ2n) is 10.6. The Morgan fingerprint density at radius 2 is 1.42 bits per heavy atom. The third-order valence-electron chi connectivity index (χ3n) is 7.83. The molecule has 0 radical (unpaired) electrons. The summed E-state index contributed by atoms with van der Waals surface area (Å²) >= 11 is 0. The molecule has 0 saturated carbocycles. The fourth-order valence-corrected chi connectivity index (χ4v) is 5.68. The van der Waals surface area contributed by atoms with E-state index in [1.165, 1.54) is 16.8 Å². The van der Waals surface area contributed by atoms with Gasteiger partial charge in [-0.3, -0.25) is 9.36 Å². The Morgan fingerprint density at radius 3 is 1.93 bits per heavy atom. The van der Waals surface area contributed by atoms with Crippen LogP contribution in [-0.2, 0) is 15.1 Å². The molecule has 10 nitrogen and oxygen atoms in total. The van der Waals surface area contributed by atoms with Gasteiger partial charge >= 0.3 is 5.69 Å². The number of hydrogen-bond donors (Lipinski definition) is 1. The van der Waals surface area contributed by atoms with E-state index >= 15 is 0 Å². The number of azide groups is 1. The summed E-state index contributed by atoms with van der Waals surface area (Å²) in [6, 6.07) is 39.4. The lowest BCUT2D eigenvalue weighted by Gasteiger charge is -2.37. The molecule has 1 saturated heterocycles. The minimum atomic E-state index is -0.997. The molecule has 1 amide bonds. The SMILES string of the molecule is [N-]=[N+]=N[C@H]1C[C@H](n2ccc(NC(=O)c3ccccc3)nc2=O)O[C@@H]1COC(c1ccccc1)(c1ccccc1)c1ccccc1. The van der Waals surface area contributed by atoms with Gasteiger partial charge in [-0.2, -0.15) is 4.98 Å². The molecular formula is C35H30N6O4. The minimum absolute atomic E-state index is 0.0618. The monoisotopic (exact) mass is 598 g/mol. The van der Waals surface area contributed by atoms with Crippen LogP contribution in [0.5, 0.6) is 0 Å². The van der Waals surface area contributed by atoms with Crippen molar-refractivity contribution in [3.63, 3.8) is 0 Å². The van der Waals surface area contributed by atoms with Crippen molar-refractivity contribution >= 4 is 11.7 Å². The summed E-state index contributed by atoms with van der Waals surface area (Å²) in [5.74, 6) is -0.260. The van der Waals surface area contributed by atoms with Crippen LogP contribution in [0.4, 0.5) is 5.82 Å². The van der Waals surface area contributed by atoms with E-state index in [0.717, 1.165) is 16.7 Å². The van der Waals surface area contributed by atoms with Crippen LogP contribution < -0.4 is 11.0 Å². The van der Waals surface area contributed by atoms with Gasteiger partial charge in [-0.25, -0.2) is 4.79 Å². The molecule has 0 aliphatic carbocycles. The highest BCUT2D eigenvalue weighted by molar-refractivity contribution is 6.03. The van der Waals surface area contributed by atoms with Gasteiger partial charge in [-0.15, -0.1) is 0 Å². The number of carbonyl (C=O) groups is 1. The van der Waals surface area contributed by atoms with Crippen molar-refractivity contribution in [2.75, 3.05) is 11.9 Å². The molecule has 1 aromatic heterocycles. The van der Waals surface area contributed by atoms with Gasteiger partial charge in [0.25, 0.3) is 5.91 Å². The maximum Gasteiger partial charge on any atom is 0.351 e. The van der Waals surface area contributed by atoms with Crippen molar-refractivity contribution in [1.82, 2.24) is 9.55 Å². The molecule has 5 aromatic rings. The zero-order chi connectivity index (χ0) is 31.1. The van der Waals surface area contributed by atoms with Crippen molar-refractivity contribution < 1.29 is 14.3 Å². The summed E-state index contributed by atoms with van der Waals surface area (Å²) in [6.07, 6.45) is 0.335. The Kier molecular flexibility index (Phi) is 8.79. The molecule has 0 spiro atoms. The van der Waals surface area contributed by atoms with E-state index in [1.54, 1.807) is 24.3 Å². The van der Waals surface area contributed by atoms with Crippen molar-refractivity contribution in [3.8, 4) is 0 Å². The number of carbonyl (C=O) groups excluding carboxylic acids is 1. The molecule has 1 fully saturated rings. The quantitative estimate of drug-likeness (QED) is 0.0852. The summed E-state index contributed by atoms with van der Waals surface area (Å²) in [7, 11) is 0. The van der Waals surface area contributed by atoms with Gasteiger partial charge in [-0.1, -0.05) is 114 Å². The number of nitrogens with zero attached hydrogens (tertiary/aromatic N) is 5. The number of benzene rings is 4. The van der Waals surface area contributed by atoms with Crippen LogP contribution in [0.25, 0.3) is 10.4 Å². The first-order valence-electron chi connectivity index (χ1n) is 14.5. The van der Waals surface area contributed by atoms with Crippen molar-refractivity contribution in [1.29, 1.82) is 0 Å². The summed E-state index contributed by atoms with van der Waals surface area (Å²) < 4.78 is 14.6. The maximum atomic E-state index is 13.1. The molecule has 6 rings (SSSR count). The molecule has 4 aromatic carbocycles. The highest BCUT2D eigenvalue weighted by atomic mass is 16.6. The first-order valence-corrected chi connectivity index (χ1v) is 14.5. The average molecular weight is 599 g/mol. The molecule has 1 aliphatic rings. The normalized spacial score (nSPS) is 17.7. The molecular weight excluding hydrogens is 568 g/mol. The zero-order valence-electron chi connectivity index (χ0n) is 24.2. The summed E-state index contributed by atoms with van der Waals surface area (Å²) in [6.45, 7) is 0.0618. The van der Waals surface area contributed by atoms with Crippen LogP contribution in [0.2, 0.25) is 0 Å². The Hall–Kier alpha value is -5.54. The summed E-state index contributed by atoms with van der Waals surface area (Å²) in [5, 5.41) is 6.65. The van der Waals surface area contributed by atoms with E-state index in [4.69, 9.17) is 9.47 Å². The van der Waals surface area contributed by atoms with E-state index in [-0.39, 0.29) is 24.8 Å². The molecule has 1 aliphatic heterocycles. The highest BCUT2D eigenvalue weighted by Gasteiger charge is 2.42. The third-order valence-corrected chi connectivity index (χ3v) is 7.83. The van der Waals surface area contributed by atoms with Gasteiger partial charge in [0.15, 0.2) is 0 Å². The predicted octanol–water partition coefficient (Wildman–Crippen LogP) is 6.47. The van der Waals surface area contributed by atoms with E-state index in [0.29, 0.717) is 5.56 Å². The largest absolute Gasteiger partial charge is 0.358 e. The van der Waals surface area contributed by atoms with E-state index in [2.05, 4.69) is 20.3 Å². The number of hydrogen-bond acceptors (Lipinski definition) is 6. The second-order valence-corrected chi connectivity index (χ2v) is 10.6. The Labute approximate surface area is 259 Å². The number of ether oxygens (including phenoxy) is 2. The van der Waals surface area contributed by atoms with Crippen LogP contribution in [0.3, 0.4) is 0 Å². The smallest absolute Gasteiger partial charge is 0.351 e. The molecule has 1 N–H and O–H groups in total. The minimum Gasteiger partial charge on any atom is -0.358 e. The zero-order valence-corrected chi connectivity index (χ0v) is 24.2. The van der Waals surface area contributed by atoms with E-state index in [9.17, 15) is 15.1 Å². The third kappa shape index (κ3) is 6.25. The van der Waals surface area contributed by atoms with Gasteiger partial charge in [0.05, 0.1) is 18.8 Å². The van der Waals surface area contributed by atoms with Gasteiger partial charge in [0.1, 0.15) is 17.6 Å². The van der Waals surface area contributed by atoms with E-state index < -0.39 is 29.7 Å². The number of amides is 1. The van der Waals surface area contributed by atoms with Gasteiger partial charge in [0.2, 0.25) is 0 Å². The summed E-state index contributed by atoms with van der Waals surface area (Å²) in [5.41, 5.74) is 11.0. The van der Waals surface area contributed by atoms with Gasteiger partial charge < -0.3 is 14.8 Å². The van der Waals surface area contributed by atoms with Crippen LogP contribution in [0, 0.1) is 0 Å². The lowest BCUT2D eigenvalue weighted by atomic mass is 9.80. The molecule has 45 heavy (non-hydrogen) atoms. The van der Waals surface area contributed by atoms with Crippen LogP contribution in [0.1, 0.15) is 39.7 Å². The fourth-order valence-electron chi connectivity index (χ4n) is 5.68. The molecule has 10 heteroatoms. The topological polar surface area (TPSA) is 131 Å². The molecule has 2 heterocycles. The van der Waals surface area contributed by atoms with Gasteiger partial charge in [0, 0.05) is 23.1 Å². The molecule has 0 bridgehead atoms. The molecule has 224 valence electrons. The molecule has 3 atom stereocenters. The van der Waals surface area contributed by atoms with Crippen LogP contribution >= 0.6 is 0 Å². The van der Waals surface area contributed by atoms with E-state index in [1.807, 2.05) is 97.1 Å². The maximum absolute atomic E-state index is 13.1.